The number of nitrogens with zero attached hydrogens (tertiary/aromatic N) is 1. The van der Waals surface area contributed by atoms with Gasteiger partial charge >= 0.3 is 0 Å². The van der Waals surface area contributed by atoms with Gasteiger partial charge in [-0.3, -0.25) is 4.98 Å². The second-order valence-corrected chi connectivity index (χ2v) is 4.45. The average molecular weight is 226 g/mol. The fraction of sp³-hybridized carbons (Fsp3) is 0.267. The lowest BCUT2D eigenvalue weighted by atomic mass is 10.1. The van der Waals surface area contributed by atoms with Gasteiger partial charge in [-0.15, -0.1) is 0 Å². The Kier molecular flexibility index (Phi) is 3.89. The zero-order valence-corrected chi connectivity index (χ0v) is 10.4. The van der Waals surface area contributed by atoms with E-state index in [0.717, 1.165) is 13.1 Å². The molecule has 1 heterocycles. The third kappa shape index (κ3) is 3.68. The number of rotatable bonds is 4. The third-order valence-corrected chi connectivity index (χ3v) is 2.69. The SMILES string of the molecule is Cc1cc(C)cc(CNCc2ccncc2)c1. The molecule has 0 spiro atoms. The van der Waals surface area contributed by atoms with Crippen LogP contribution in [0.1, 0.15) is 22.3 Å². The second-order valence-electron chi connectivity index (χ2n) is 4.45. The maximum Gasteiger partial charge on any atom is 0.0271 e. The quantitative estimate of drug-likeness (QED) is 0.867. The fourth-order valence-electron chi connectivity index (χ4n) is 2.02. The summed E-state index contributed by atoms with van der Waals surface area (Å²) >= 11 is 0. The monoisotopic (exact) mass is 226 g/mol. The first-order valence-corrected chi connectivity index (χ1v) is 5.91. The Morgan fingerprint density at radius 1 is 0.882 bits per heavy atom. The molecule has 0 radical (unpaired) electrons. The van der Waals surface area contributed by atoms with Crippen molar-refractivity contribution in [1.29, 1.82) is 0 Å². The highest BCUT2D eigenvalue weighted by Crippen LogP contribution is 2.08. The Morgan fingerprint density at radius 2 is 1.47 bits per heavy atom. The molecule has 0 saturated carbocycles. The van der Waals surface area contributed by atoms with Crippen LogP contribution in [-0.2, 0) is 13.1 Å². The van der Waals surface area contributed by atoms with Crippen molar-refractivity contribution in [1.82, 2.24) is 10.3 Å². The number of aromatic nitrogens is 1. The summed E-state index contributed by atoms with van der Waals surface area (Å²) < 4.78 is 0. The van der Waals surface area contributed by atoms with E-state index in [1.807, 2.05) is 24.5 Å². The molecule has 2 nitrogen and oxygen atoms in total. The van der Waals surface area contributed by atoms with Crippen LogP contribution in [0.2, 0.25) is 0 Å². The standard InChI is InChI=1S/C15H18N2/c1-12-7-13(2)9-15(8-12)11-17-10-14-3-5-16-6-4-14/h3-9,17H,10-11H2,1-2H3. The molecule has 0 aliphatic heterocycles. The minimum Gasteiger partial charge on any atom is -0.309 e. The summed E-state index contributed by atoms with van der Waals surface area (Å²) in [5.41, 5.74) is 5.26. The van der Waals surface area contributed by atoms with Gasteiger partial charge in [-0.05, 0) is 37.1 Å². The van der Waals surface area contributed by atoms with Crippen molar-refractivity contribution in [3.63, 3.8) is 0 Å². The highest BCUT2D eigenvalue weighted by molar-refractivity contribution is 5.28. The minimum absolute atomic E-state index is 0.884. The first kappa shape index (κ1) is 11.8. The van der Waals surface area contributed by atoms with Crippen LogP contribution < -0.4 is 5.32 Å². The summed E-state index contributed by atoms with van der Waals surface area (Å²) in [6, 6.07) is 10.7. The number of benzene rings is 1. The van der Waals surface area contributed by atoms with Gasteiger partial charge in [0, 0.05) is 25.5 Å². The van der Waals surface area contributed by atoms with Crippen molar-refractivity contribution in [3.8, 4) is 0 Å². The Labute approximate surface area is 103 Å². The van der Waals surface area contributed by atoms with Gasteiger partial charge in [0.2, 0.25) is 0 Å². The minimum atomic E-state index is 0.884. The number of hydrogen-bond donors (Lipinski definition) is 1. The van der Waals surface area contributed by atoms with Crippen LogP contribution in [0.5, 0.6) is 0 Å². The van der Waals surface area contributed by atoms with Crippen molar-refractivity contribution in [2.45, 2.75) is 26.9 Å². The maximum atomic E-state index is 4.01. The number of pyridine rings is 1. The van der Waals surface area contributed by atoms with Gasteiger partial charge < -0.3 is 5.32 Å². The summed E-state index contributed by atoms with van der Waals surface area (Å²) in [4.78, 5) is 4.01. The topological polar surface area (TPSA) is 24.9 Å². The molecule has 0 unspecified atom stereocenters. The molecule has 17 heavy (non-hydrogen) atoms. The van der Waals surface area contributed by atoms with Crippen LogP contribution in [0.25, 0.3) is 0 Å². The van der Waals surface area contributed by atoms with Gasteiger partial charge in [-0.1, -0.05) is 29.3 Å². The van der Waals surface area contributed by atoms with Crippen molar-refractivity contribution in [2.75, 3.05) is 0 Å². The molecule has 1 N–H and O–H groups in total. The average Bonchev–Trinajstić information content (AvgIpc) is 2.29. The van der Waals surface area contributed by atoms with E-state index in [1.165, 1.54) is 22.3 Å². The molecular formula is C15H18N2. The van der Waals surface area contributed by atoms with Gasteiger partial charge in [0.1, 0.15) is 0 Å². The van der Waals surface area contributed by atoms with Gasteiger partial charge in [-0.2, -0.15) is 0 Å². The van der Waals surface area contributed by atoms with Crippen LogP contribution in [0.4, 0.5) is 0 Å². The lowest BCUT2D eigenvalue weighted by molar-refractivity contribution is 0.692. The smallest absolute Gasteiger partial charge is 0.0271 e. The molecule has 0 atom stereocenters. The molecule has 2 rings (SSSR count). The number of hydrogen-bond acceptors (Lipinski definition) is 2. The van der Waals surface area contributed by atoms with Gasteiger partial charge in [0.25, 0.3) is 0 Å². The molecule has 88 valence electrons. The molecule has 0 fully saturated rings. The molecule has 0 aliphatic carbocycles. The number of nitrogens with one attached hydrogen (secondary N) is 1. The molecule has 0 bridgehead atoms. The predicted octanol–water partition coefficient (Wildman–Crippen LogP) is 2.99. The van der Waals surface area contributed by atoms with Crippen molar-refractivity contribution < 1.29 is 0 Å². The Bertz CT molecular complexity index is 457. The largest absolute Gasteiger partial charge is 0.309 e. The highest BCUT2D eigenvalue weighted by Gasteiger charge is 1.96. The van der Waals surface area contributed by atoms with Crippen molar-refractivity contribution in [3.05, 3.63) is 65.0 Å². The van der Waals surface area contributed by atoms with E-state index in [0.29, 0.717) is 0 Å². The van der Waals surface area contributed by atoms with E-state index in [1.54, 1.807) is 0 Å². The first-order valence-electron chi connectivity index (χ1n) is 5.91. The summed E-state index contributed by atoms with van der Waals surface area (Å²) in [6.45, 7) is 6.07. The van der Waals surface area contributed by atoms with E-state index in [2.05, 4.69) is 42.3 Å². The zero-order chi connectivity index (χ0) is 12.1. The molecule has 2 aromatic rings. The van der Waals surface area contributed by atoms with E-state index >= 15 is 0 Å². The van der Waals surface area contributed by atoms with Crippen LogP contribution >= 0.6 is 0 Å². The van der Waals surface area contributed by atoms with E-state index in [9.17, 15) is 0 Å². The van der Waals surface area contributed by atoms with Crippen LogP contribution in [0.3, 0.4) is 0 Å². The Balaban J connectivity index is 1.90. The molecule has 0 amide bonds. The van der Waals surface area contributed by atoms with Crippen molar-refractivity contribution in [2.24, 2.45) is 0 Å². The van der Waals surface area contributed by atoms with Crippen molar-refractivity contribution >= 4 is 0 Å². The van der Waals surface area contributed by atoms with E-state index in [-0.39, 0.29) is 0 Å². The van der Waals surface area contributed by atoms with Gasteiger partial charge in [-0.25, -0.2) is 0 Å². The van der Waals surface area contributed by atoms with Gasteiger partial charge in [0.15, 0.2) is 0 Å². The molecule has 1 aromatic heterocycles. The lowest BCUT2D eigenvalue weighted by Crippen LogP contribution is -2.12. The molecule has 0 aliphatic rings. The third-order valence-electron chi connectivity index (χ3n) is 2.69. The molecular weight excluding hydrogens is 208 g/mol. The highest BCUT2D eigenvalue weighted by atomic mass is 14.8. The predicted molar refractivity (Wildman–Crippen MR) is 70.7 cm³/mol. The van der Waals surface area contributed by atoms with Crippen LogP contribution in [0, 0.1) is 13.8 Å². The molecule has 2 heteroatoms. The van der Waals surface area contributed by atoms with E-state index in [4.69, 9.17) is 0 Å². The Morgan fingerprint density at radius 3 is 2.12 bits per heavy atom. The summed E-state index contributed by atoms with van der Waals surface area (Å²) in [5, 5.41) is 3.44. The van der Waals surface area contributed by atoms with Gasteiger partial charge in [0.05, 0.1) is 0 Å². The Hall–Kier alpha value is -1.67. The van der Waals surface area contributed by atoms with Crippen LogP contribution in [-0.4, -0.2) is 4.98 Å². The van der Waals surface area contributed by atoms with E-state index < -0.39 is 0 Å². The summed E-state index contributed by atoms with van der Waals surface area (Å²) in [7, 11) is 0. The molecule has 1 aromatic carbocycles. The lowest BCUT2D eigenvalue weighted by Gasteiger charge is -2.07. The summed E-state index contributed by atoms with van der Waals surface area (Å²) in [5.74, 6) is 0. The first-order chi connectivity index (χ1) is 8.24. The normalized spacial score (nSPS) is 10.5. The maximum absolute atomic E-state index is 4.01. The van der Waals surface area contributed by atoms with Crippen LogP contribution in [0.15, 0.2) is 42.7 Å². The zero-order valence-electron chi connectivity index (χ0n) is 10.4. The summed E-state index contributed by atoms with van der Waals surface area (Å²) in [6.07, 6.45) is 3.65. The molecule has 0 saturated heterocycles. The second kappa shape index (κ2) is 5.60. The number of aryl methyl sites for hydroxylation is 2. The fourth-order valence-corrected chi connectivity index (χ4v) is 2.02.